The molecule has 0 aliphatic carbocycles. The van der Waals surface area contributed by atoms with E-state index in [1.165, 1.54) is 0 Å². The summed E-state index contributed by atoms with van der Waals surface area (Å²) in [7, 11) is 0. The maximum absolute atomic E-state index is 9.94. The van der Waals surface area contributed by atoms with Crippen molar-refractivity contribution in [3.63, 3.8) is 0 Å². The predicted octanol–water partition coefficient (Wildman–Crippen LogP) is -21.6. The van der Waals surface area contributed by atoms with E-state index in [0.29, 0.717) is 0 Å². The van der Waals surface area contributed by atoms with Crippen LogP contribution < -0.4 is 0 Å². The van der Waals surface area contributed by atoms with Gasteiger partial charge < -0.3 is 220 Å². The van der Waals surface area contributed by atoms with Gasteiger partial charge in [0.2, 0.25) is 0 Å². The highest BCUT2D eigenvalue weighted by atomic mass is 16.8. The summed E-state index contributed by atoms with van der Waals surface area (Å²) in [4.78, 5) is 0. The average molecular weight is 1370 g/mol. The number of ether oxygens (including phenoxy) is 12. The summed E-state index contributed by atoms with van der Waals surface area (Å²) < 4.78 is 61.0. The van der Waals surface area contributed by atoms with Crippen LogP contribution in [0, 0.1) is 0 Å². The van der Waals surface area contributed by atoms with Gasteiger partial charge in [0.1, 0.15) is 195 Å². The van der Waals surface area contributed by atoms with Crippen molar-refractivity contribution >= 4 is 0 Å². The number of rotatable bonds is 16. The molecule has 0 saturated carbocycles. The molecule has 0 aromatic carbocycles. The lowest BCUT2D eigenvalue weighted by Crippen LogP contribution is -2.64. The Morgan fingerprint density at radius 3 is 0.457 bits per heavy atom. The molecule has 0 spiro atoms. The third kappa shape index (κ3) is 18.6. The topological polar surface area (TPSA) is 758 Å². The molecule has 8 heterocycles. The minimum atomic E-state index is -1.74. The van der Waals surface area contributed by atoms with Gasteiger partial charge >= 0.3 is 0 Å². The molecule has 40 atom stereocenters. The van der Waals surface area contributed by atoms with Gasteiger partial charge in [-0.1, -0.05) is 0 Å². The Labute approximate surface area is 518 Å². The normalized spacial score (nSPS) is 51.7. The third-order valence-corrected chi connectivity index (χ3v) is 15.9. The molecule has 0 amide bonds. The summed E-state index contributed by atoms with van der Waals surface area (Å²) in [5, 5.41) is 306. The molecule has 544 valence electrons. The minimum absolute atomic E-state index is 0.667. The molecule has 44 heteroatoms. The number of aliphatic hydroxyl groups is 32. The fourth-order valence-electron chi connectivity index (χ4n) is 10.3. The molecule has 0 radical (unpaired) electrons. The van der Waals surface area contributed by atoms with Crippen LogP contribution in [-0.2, 0) is 56.8 Å². The highest BCUT2D eigenvalue weighted by Gasteiger charge is 2.55. The summed E-state index contributed by atoms with van der Waals surface area (Å²) in [6, 6.07) is 0. The van der Waals surface area contributed by atoms with Gasteiger partial charge in [0.25, 0.3) is 0 Å². The maximum Gasteiger partial charge on any atom is 0.187 e. The van der Waals surface area contributed by atoms with E-state index in [2.05, 4.69) is 0 Å². The first-order valence-corrected chi connectivity index (χ1v) is 28.3. The van der Waals surface area contributed by atoms with Crippen LogP contribution in [0.25, 0.3) is 0 Å². The smallest absolute Gasteiger partial charge is 0.187 e. The summed E-state index contributed by atoms with van der Waals surface area (Å²) in [5.41, 5.74) is 0. The van der Waals surface area contributed by atoms with Crippen molar-refractivity contribution in [1.29, 1.82) is 0 Å². The van der Waals surface area contributed by atoms with Crippen molar-refractivity contribution in [2.75, 3.05) is 52.9 Å². The summed E-state index contributed by atoms with van der Waals surface area (Å²) in [5.74, 6) is 0. The second-order valence-corrected chi connectivity index (χ2v) is 22.1. The van der Waals surface area contributed by atoms with E-state index in [0.717, 1.165) is 0 Å². The molecule has 32 N–H and O–H groups in total. The highest BCUT2D eigenvalue weighted by Crippen LogP contribution is 2.34. The summed E-state index contributed by atoms with van der Waals surface area (Å²) in [6.07, 6.45) is -62.3. The first-order valence-electron chi connectivity index (χ1n) is 28.3. The van der Waals surface area contributed by atoms with Gasteiger partial charge in [-0.05, 0) is 0 Å². The standard InChI is InChI=1S/4C12H22O11/c4*13-1-3-5(15)6(16)9(19)12(22-3)23-10-4(2-14)21-11(20)8(18)7(10)17/h4*3-20H,1-2H2/t4*3-,4-,5-,6+,7-,8-,9-,10-,11-,12-/m1111/s1. The van der Waals surface area contributed by atoms with E-state index in [9.17, 15) is 143 Å². The predicted molar refractivity (Wildman–Crippen MR) is 274 cm³/mol. The molecule has 8 aliphatic heterocycles. The zero-order valence-electron chi connectivity index (χ0n) is 48.0. The molecule has 8 fully saturated rings. The van der Waals surface area contributed by atoms with Gasteiger partial charge in [0, 0.05) is 0 Å². The molecule has 44 nitrogen and oxygen atoms in total. The minimum Gasteiger partial charge on any atom is -0.394 e. The molecule has 92 heavy (non-hydrogen) atoms. The van der Waals surface area contributed by atoms with Crippen LogP contribution in [0.5, 0.6) is 0 Å². The molecule has 8 rings (SSSR count). The molecule has 0 bridgehead atoms. The van der Waals surface area contributed by atoms with Gasteiger partial charge in [0.15, 0.2) is 50.3 Å². The van der Waals surface area contributed by atoms with Crippen LogP contribution in [0.4, 0.5) is 0 Å². The Morgan fingerprint density at radius 2 is 0.315 bits per heavy atom. The van der Waals surface area contributed by atoms with Gasteiger partial charge in [-0.2, -0.15) is 0 Å². The van der Waals surface area contributed by atoms with Gasteiger partial charge in [-0.15, -0.1) is 0 Å². The summed E-state index contributed by atoms with van der Waals surface area (Å²) in [6.45, 7) is -5.38. The molecule has 0 aromatic rings. The van der Waals surface area contributed by atoms with E-state index in [1.807, 2.05) is 0 Å². The maximum atomic E-state index is 9.94. The Bertz CT molecular complexity index is 1790. The van der Waals surface area contributed by atoms with Crippen LogP contribution >= 0.6 is 0 Å². The Balaban J connectivity index is 0.000000223. The number of hydrogen-bond acceptors (Lipinski definition) is 44. The monoisotopic (exact) mass is 1370 g/mol. The van der Waals surface area contributed by atoms with E-state index in [4.69, 9.17) is 77.3 Å². The Morgan fingerprint density at radius 1 is 0.163 bits per heavy atom. The zero-order valence-corrected chi connectivity index (χ0v) is 48.0. The molecule has 0 aromatic heterocycles. The zero-order chi connectivity index (χ0) is 69.2. The molecular formula is C48H88O44. The molecule has 0 unspecified atom stereocenters. The second kappa shape index (κ2) is 36.4. The fourth-order valence-corrected chi connectivity index (χ4v) is 10.3. The Hall–Kier alpha value is -1.76. The van der Waals surface area contributed by atoms with Crippen molar-refractivity contribution in [3.05, 3.63) is 0 Å². The van der Waals surface area contributed by atoms with Crippen LogP contribution in [0.3, 0.4) is 0 Å². The third-order valence-electron chi connectivity index (χ3n) is 15.9. The van der Waals surface area contributed by atoms with Gasteiger partial charge in [-0.3, -0.25) is 0 Å². The van der Waals surface area contributed by atoms with Crippen LogP contribution in [0.1, 0.15) is 0 Å². The van der Waals surface area contributed by atoms with Crippen molar-refractivity contribution in [2.45, 2.75) is 246 Å². The SMILES string of the molecule is OC[C@H]1O[C@H](O[C@H]2[C@H](O)[C@@H](O)[C@H](O)O[C@@H]2CO)[C@H](O)[C@@H](O)[C@@H]1O.OC[C@H]1O[C@H](O[C@H]2[C@H](O)[C@@H](O)[C@H](O)O[C@@H]2CO)[C@H](O)[C@@H](O)[C@@H]1O.OC[C@H]1O[C@H](O[C@H]2[C@H](O)[C@@H](O)[C@H](O)O[C@@H]2CO)[C@H](O)[C@@H](O)[C@@H]1O.OC[C@H]1O[C@H](O[C@H]2[C@H](O)[C@@H](O)[C@H](O)O[C@@H]2CO)[C@H](O)[C@@H](O)[C@@H]1O. The molecule has 8 saturated heterocycles. The van der Waals surface area contributed by atoms with Crippen LogP contribution in [-0.4, -0.2) is 462 Å². The van der Waals surface area contributed by atoms with Crippen molar-refractivity contribution in [3.8, 4) is 0 Å². The Kier molecular flexibility index (Phi) is 32.0. The van der Waals surface area contributed by atoms with Crippen molar-refractivity contribution in [2.24, 2.45) is 0 Å². The van der Waals surface area contributed by atoms with E-state index in [1.54, 1.807) is 0 Å². The van der Waals surface area contributed by atoms with Crippen molar-refractivity contribution in [1.82, 2.24) is 0 Å². The fraction of sp³-hybridized carbons (Fsp3) is 1.00. The first kappa shape index (κ1) is 80.9. The second-order valence-electron chi connectivity index (χ2n) is 22.1. The lowest BCUT2D eigenvalue weighted by molar-refractivity contribution is -0.355. The summed E-state index contributed by atoms with van der Waals surface area (Å²) >= 11 is 0. The van der Waals surface area contributed by atoms with E-state index >= 15 is 0 Å². The van der Waals surface area contributed by atoms with Crippen molar-refractivity contribution < 1.29 is 220 Å². The quantitative estimate of drug-likeness (QED) is 0.0682. The van der Waals surface area contributed by atoms with Gasteiger partial charge in [0.05, 0.1) is 52.9 Å². The largest absolute Gasteiger partial charge is 0.394 e. The van der Waals surface area contributed by atoms with E-state index in [-0.39, 0.29) is 0 Å². The lowest BCUT2D eigenvalue weighted by atomic mass is 9.97. The van der Waals surface area contributed by atoms with Crippen LogP contribution in [0.15, 0.2) is 0 Å². The highest BCUT2D eigenvalue weighted by molar-refractivity contribution is 4.98. The number of hydrogen-bond donors (Lipinski definition) is 32. The molecular weight excluding hydrogens is 1280 g/mol. The first-order chi connectivity index (χ1) is 43.2. The van der Waals surface area contributed by atoms with Crippen LogP contribution in [0.2, 0.25) is 0 Å². The molecule has 8 aliphatic rings. The lowest BCUT2D eigenvalue weighted by Gasteiger charge is -2.45. The van der Waals surface area contributed by atoms with E-state index < -0.39 is 299 Å². The van der Waals surface area contributed by atoms with Gasteiger partial charge in [-0.25, -0.2) is 0 Å². The number of aliphatic hydroxyl groups excluding tert-OH is 32. The average Bonchev–Trinajstić information content (AvgIpc) is 0.911.